The van der Waals surface area contributed by atoms with Gasteiger partial charge in [0.1, 0.15) is 0 Å². The first-order chi connectivity index (χ1) is 10.7. The van der Waals surface area contributed by atoms with Gasteiger partial charge in [-0.3, -0.25) is 0 Å². The maximum Gasteiger partial charge on any atom is -1.00 e. The molecule has 0 nitrogen and oxygen atoms in total. The van der Waals surface area contributed by atoms with Crippen molar-refractivity contribution in [2.45, 2.75) is 43.4 Å². The summed E-state index contributed by atoms with van der Waals surface area (Å²) < 4.78 is 0.824. The number of aryl methyl sites for hydroxylation is 2. The van der Waals surface area contributed by atoms with Crippen molar-refractivity contribution in [3.63, 3.8) is 0 Å². The van der Waals surface area contributed by atoms with Crippen molar-refractivity contribution in [1.82, 2.24) is 0 Å². The van der Waals surface area contributed by atoms with Crippen molar-refractivity contribution in [1.29, 1.82) is 0 Å². The molecular weight excluding hydrogens is 430 g/mol. The fourth-order valence-electron chi connectivity index (χ4n) is 3.60. The van der Waals surface area contributed by atoms with Gasteiger partial charge in [-0.1, -0.05) is 0 Å². The second-order valence-corrected chi connectivity index (χ2v) is 18.0. The average Bonchev–Trinajstić information content (AvgIpc) is 3.16. The predicted molar refractivity (Wildman–Crippen MR) is 95.1 cm³/mol. The molecule has 2 aliphatic carbocycles. The Morgan fingerprint density at radius 3 is 2.12 bits per heavy atom. The van der Waals surface area contributed by atoms with Crippen molar-refractivity contribution in [3.05, 3.63) is 64.3 Å². The number of fused-ring (bicyclic) bond motifs is 1. The van der Waals surface area contributed by atoms with Gasteiger partial charge in [-0.25, -0.2) is 0 Å². The summed E-state index contributed by atoms with van der Waals surface area (Å²) in [5.41, 5.74) is 7.92. The van der Waals surface area contributed by atoms with E-state index in [-0.39, 0.29) is 52.1 Å². The topological polar surface area (TPSA) is 0 Å². The molecule has 1 aromatic carbocycles. The Hall–Kier alpha value is 0.120. The second kappa shape index (κ2) is 9.72. The smallest absolute Gasteiger partial charge is 1.00 e. The Labute approximate surface area is 170 Å². The molecule has 0 N–H and O–H groups in total. The third kappa shape index (κ3) is 4.26. The van der Waals surface area contributed by atoms with Crippen LogP contribution in [0.25, 0.3) is 6.08 Å². The van der Waals surface area contributed by atoms with Crippen LogP contribution in [-0.2, 0) is 21.9 Å². The first kappa shape index (κ1) is 22.2. The van der Waals surface area contributed by atoms with Crippen molar-refractivity contribution in [2.75, 3.05) is 0 Å². The first-order valence-electron chi connectivity index (χ1n) is 8.43. The van der Waals surface area contributed by atoms with E-state index in [9.17, 15) is 0 Å². The van der Waals surface area contributed by atoms with Gasteiger partial charge in [0.15, 0.2) is 0 Å². The third-order valence-corrected chi connectivity index (χ3v) is 19.3. The van der Waals surface area contributed by atoms with Crippen molar-refractivity contribution >= 4 is 11.5 Å². The standard InChI is InChI=1S/C16H15.C4H10Si.2ClH.Zr/c1-11-7-8-12(2)16-10-14(9-15(11)16)13-5-3-4-6-13;1-3-5-4-2;;;/h3-10,13H,1-2H3;3-4H2,1-2H3;2*1H;/q;;;;+2/p-2. The normalized spacial score (nSPS) is 17.7. The summed E-state index contributed by atoms with van der Waals surface area (Å²) in [5, 5.41) is 0. The second-order valence-electron chi connectivity index (χ2n) is 6.35. The SMILES string of the molecule is CC[Si](CC)=[Zr+2][CH]1C(C2C=CC=C2)=Cc2c(C)ccc(C)c21.[Cl-].[Cl-]. The molecule has 24 heavy (non-hydrogen) atoms. The van der Waals surface area contributed by atoms with Gasteiger partial charge in [-0.2, -0.15) is 0 Å². The molecule has 127 valence electrons. The summed E-state index contributed by atoms with van der Waals surface area (Å²) in [5.74, 6) is 0.564. The predicted octanol–water partition coefficient (Wildman–Crippen LogP) is -0.394. The van der Waals surface area contributed by atoms with Crippen LogP contribution in [0.15, 0.2) is 42.0 Å². The number of allylic oxidation sites excluding steroid dienone is 5. The van der Waals surface area contributed by atoms with Gasteiger partial charge in [0.2, 0.25) is 0 Å². The van der Waals surface area contributed by atoms with E-state index >= 15 is 0 Å². The summed E-state index contributed by atoms with van der Waals surface area (Å²) >= 11 is -0.387. The Morgan fingerprint density at radius 1 is 0.958 bits per heavy atom. The molecule has 0 saturated carbocycles. The van der Waals surface area contributed by atoms with Gasteiger partial charge in [0.25, 0.3) is 0 Å². The third-order valence-electron chi connectivity index (χ3n) is 4.99. The molecule has 0 aliphatic heterocycles. The minimum atomic E-state index is -0.387. The quantitative estimate of drug-likeness (QED) is 0.543. The van der Waals surface area contributed by atoms with Gasteiger partial charge in [-0.15, -0.1) is 0 Å². The van der Waals surface area contributed by atoms with Crippen molar-refractivity contribution in [3.8, 4) is 0 Å². The zero-order valence-corrected chi connectivity index (χ0v) is 19.8. The summed E-state index contributed by atoms with van der Waals surface area (Å²) in [6, 6.07) is 7.59. The van der Waals surface area contributed by atoms with Gasteiger partial charge < -0.3 is 24.8 Å². The van der Waals surface area contributed by atoms with E-state index in [2.05, 4.69) is 70.2 Å². The van der Waals surface area contributed by atoms with E-state index < -0.39 is 0 Å². The first-order valence-corrected chi connectivity index (χ1v) is 15.5. The van der Waals surface area contributed by atoms with Gasteiger partial charge in [-0.05, 0) is 0 Å². The molecule has 1 atom stereocenters. The van der Waals surface area contributed by atoms with E-state index in [4.69, 9.17) is 0 Å². The Bertz CT molecular complexity index is 699. The van der Waals surface area contributed by atoms with Crippen LogP contribution < -0.4 is 24.8 Å². The number of halogens is 2. The molecule has 1 aromatic rings. The summed E-state index contributed by atoms with van der Waals surface area (Å²) in [6.07, 6.45) is 11.8. The Balaban J connectivity index is 0.00000144. The number of hydrogen-bond donors (Lipinski definition) is 0. The molecule has 0 amide bonds. The molecule has 2 aliphatic rings. The molecule has 0 fully saturated rings. The van der Waals surface area contributed by atoms with E-state index in [1.807, 2.05) is 0 Å². The van der Waals surface area contributed by atoms with Crippen LogP contribution in [0, 0.1) is 19.8 Å². The van der Waals surface area contributed by atoms with Crippen LogP contribution in [0.4, 0.5) is 0 Å². The molecule has 0 radical (unpaired) electrons. The fraction of sp³-hybridized carbons (Fsp3) is 0.400. The van der Waals surface area contributed by atoms with Crippen molar-refractivity contribution in [2.24, 2.45) is 5.92 Å². The largest absolute Gasteiger partial charge is 1.00 e. The molecule has 3 rings (SSSR count). The molecule has 0 heterocycles. The Morgan fingerprint density at radius 2 is 1.54 bits per heavy atom. The van der Waals surface area contributed by atoms with Crippen molar-refractivity contribution < 1.29 is 46.7 Å². The molecule has 0 aromatic heterocycles. The Kier molecular flexibility index (Phi) is 8.97. The summed E-state index contributed by atoms with van der Waals surface area (Å²) in [4.78, 5) is 0. The maximum absolute atomic E-state index is 2.55. The molecule has 0 spiro atoms. The van der Waals surface area contributed by atoms with Crippen LogP contribution in [0.2, 0.25) is 12.1 Å². The monoisotopic (exact) mass is 453 g/mol. The van der Waals surface area contributed by atoms with Gasteiger partial charge in [0, 0.05) is 0 Å². The molecule has 4 heteroatoms. The molecular formula is C20H25Cl2SiZr. The van der Waals surface area contributed by atoms with Crippen LogP contribution in [-0.4, -0.2) is 5.43 Å². The fourth-order valence-corrected chi connectivity index (χ4v) is 15.2. The minimum absolute atomic E-state index is 0. The summed E-state index contributed by atoms with van der Waals surface area (Å²) in [6.45, 7) is 9.46. The number of benzene rings is 1. The van der Waals surface area contributed by atoms with Crippen LogP contribution in [0.1, 0.15) is 39.7 Å². The maximum atomic E-state index is 2.55. The van der Waals surface area contributed by atoms with Crippen LogP contribution in [0.3, 0.4) is 0 Å². The zero-order valence-electron chi connectivity index (χ0n) is 14.9. The van der Waals surface area contributed by atoms with E-state index in [0.717, 1.165) is 3.63 Å². The number of rotatable bonds is 4. The van der Waals surface area contributed by atoms with Crippen LogP contribution >= 0.6 is 0 Å². The van der Waals surface area contributed by atoms with Crippen LogP contribution in [0.5, 0.6) is 0 Å². The van der Waals surface area contributed by atoms with E-state index in [1.165, 1.54) is 23.2 Å². The molecule has 0 saturated heterocycles. The minimum Gasteiger partial charge on any atom is -1.00 e. The zero-order chi connectivity index (χ0) is 15.7. The summed E-state index contributed by atoms with van der Waals surface area (Å²) in [7, 11) is 0. The average molecular weight is 456 g/mol. The molecule has 1 unspecified atom stereocenters. The van der Waals surface area contributed by atoms with E-state index in [1.54, 1.807) is 16.7 Å². The van der Waals surface area contributed by atoms with Gasteiger partial charge in [0.05, 0.1) is 0 Å². The molecule has 0 bridgehead atoms. The van der Waals surface area contributed by atoms with E-state index in [0.29, 0.717) is 5.92 Å². The number of hydrogen-bond acceptors (Lipinski definition) is 0. The van der Waals surface area contributed by atoms with Gasteiger partial charge >= 0.3 is 147 Å².